The molecule has 2 rings (SSSR count). The van der Waals surface area contributed by atoms with Crippen LogP contribution < -0.4 is 5.32 Å². The lowest BCUT2D eigenvalue weighted by molar-refractivity contribution is -0.116. The van der Waals surface area contributed by atoms with Crippen LogP contribution >= 0.6 is 11.3 Å². The molecule has 0 spiro atoms. The summed E-state index contributed by atoms with van der Waals surface area (Å²) in [5, 5.41) is 14.5. The lowest BCUT2D eigenvalue weighted by atomic mass is 10.1. The zero-order valence-electron chi connectivity index (χ0n) is 10.3. The number of benzene rings is 1. The molecule has 0 bridgehead atoms. The van der Waals surface area contributed by atoms with Crippen molar-refractivity contribution in [1.82, 2.24) is 5.32 Å². The van der Waals surface area contributed by atoms with Crippen LogP contribution in [0, 0.1) is 0 Å². The third-order valence-corrected chi connectivity index (χ3v) is 3.43. The molecule has 0 saturated heterocycles. The molecule has 4 heteroatoms. The van der Waals surface area contributed by atoms with Crippen LogP contribution in [-0.2, 0) is 4.79 Å². The summed E-state index contributed by atoms with van der Waals surface area (Å²) >= 11 is 1.57. The summed E-state index contributed by atoms with van der Waals surface area (Å²) in [6, 6.07) is 13.1. The van der Waals surface area contributed by atoms with Gasteiger partial charge in [0.05, 0.1) is 6.10 Å². The normalized spacial score (nSPS) is 12.5. The molecule has 2 aromatic rings. The van der Waals surface area contributed by atoms with Crippen molar-refractivity contribution in [2.75, 3.05) is 6.54 Å². The summed E-state index contributed by atoms with van der Waals surface area (Å²) in [5.74, 6) is -0.205. The maximum absolute atomic E-state index is 11.6. The van der Waals surface area contributed by atoms with E-state index >= 15 is 0 Å². The van der Waals surface area contributed by atoms with E-state index in [9.17, 15) is 9.90 Å². The van der Waals surface area contributed by atoms with Crippen molar-refractivity contribution >= 4 is 23.3 Å². The molecule has 19 heavy (non-hydrogen) atoms. The predicted molar refractivity (Wildman–Crippen MR) is 77.8 cm³/mol. The minimum absolute atomic E-state index is 0.205. The molecule has 1 aromatic carbocycles. The highest BCUT2D eigenvalue weighted by Gasteiger charge is 2.07. The molecule has 1 aromatic heterocycles. The molecule has 1 amide bonds. The highest BCUT2D eigenvalue weighted by atomic mass is 32.1. The smallest absolute Gasteiger partial charge is 0.244 e. The van der Waals surface area contributed by atoms with E-state index in [4.69, 9.17) is 0 Å². The minimum Gasteiger partial charge on any atom is -0.387 e. The fourth-order valence-corrected chi connectivity index (χ4v) is 2.21. The van der Waals surface area contributed by atoms with Gasteiger partial charge in [-0.3, -0.25) is 4.79 Å². The van der Waals surface area contributed by atoms with Gasteiger partial charge in [0.25, 0.3) is 0 Å². The standard InChI is InChI=1S/C15H15NO2S/c17-14(12-5-2-1-3-6-12)11-16-15(18)9-8-13-7-4-10-19-13/h1-10,14,17H,11H2,(H,16,18)/b9-8+. The largest absolute Gasteiger partial charge is 0.387 e. The van der Waals surface area contributed by atoms with Crippen LogP contribution in [0.25, 0.3) is 6.08 Å². The molecule has 0 aliphatic rings. The highest BCUT2D eigenvalue weighted by molar-refractivity contribution is 7.10. The Hall–Kier alpha value is -1.91. The minimum atomic E-state index is -0.680. The van der Waals surface area contributed by atoms with Crippen LogP contribution in [0.3, 0.4) is 0 Å². The summed E-state index contributed by atoms with van der Waals surface area (Å²) in [6.07, 6.45) is 2.55. The number of aliphatic hydroxyl groups is 1. The number of hydrogen-bond acceptors (Lipinski definition) is 3. The fraction of sp³-hybridized carbons (Fsp3) is 0.133. The molecule has 1 heterocycles. The first-order valence-electron chi connectivity index (χ1n) is 5.98. The van der Waals surface area contributed by atoms with Gasteiger partial charge in [0.15, 0.2) is 0 Å². The Balaban J connectivity index is 1.81. The van der Waals surface area contributed by atoms with Crippen molar-refractivity contribution in [2.24, 2.45) is 0 Å². The van der Waals surface area contributed by atoms with E-state index in [-0.39, 0.29) is 12.5 Å². The maximum Gasteiger partial charge on any atom is 0.244 e. The van der Waals surface area contributed by atoms with Crippen molar-refractivity contribution in [3.63, 3.8) is 0 Å². The average molecular weight is 273 g/mol. The zero-order valence-corrected chi connectivity index (χ0v) is 11.1. The molecule has 0 aliphatic heterocycles. The number of hydrogen-bond donors (Lipinski definition) is 2. The third kappa shape index (κ3) is 4.35. The van der Waals surface area contributed by atoms with Crippen LogP contribution in [0.5, 0.6) is 0 Å². The molecule has 98 valence electrons. The number of carbonyl (C=O) groups excluding carboxylic acids is 1. The number of aliphatic hydroxyl groups excluding tert-OH is 1. The Kier molecular flexibility index (Phi) is 4.89. The molecule has 0 fully saturated rings. The van der Waals surface area contributed by atoms with Crippen molar-refractivity contribution in [2.45, 2.75) is 6.10 Å². The summed E-state index contributed by atoms with van der Waals surface area (Å²) in [6.45, 7) is 0.206. The first-order valence-corrected chi connectivity index (χ1v) is 6.86. The van der Waals surface area contributed by atoms with Crippen LogP contribution in [0.4, 0.5) is 0 Å². The topological polar surface area (TPSA) is 49.3 Å². The first kappa shape index (κ1) is 13.5. The molecule has 3 nitrogen and oxygen atoms in total. The average Bonchev–Trinajstić information content (AvgIpc) is 2.96. The van der Waals surface area contributed by atoms with E-state index in [0.717, 1.165) is 10.4 Å². The number of rotatable bonds is 5. The second kappa shape index (κ2) is 6.87. The summed E-state index contributed by atoms with van der Waals surface area (Å²) in [4.78, 5) is 12.6. The number of carbonyl (C=O) groups is 1. The molecule has 0 radical (unpaired) electrons. The Bertz CT molecular complexity index is 535. The zero-order chi connectivity index (χ0) is 13.5. The van der Waals surface area contributed by atoms with E-state index in [1.807, 2.05) is 47.8 Å². The molecule has 0 aliphatic carbocycles. The van der Waals surface area contributed by atoms with Crippen molar-refractivity contribution in [3.05, 3.63) is 64.4 Å². The number of thiophene rings is 1. The van der Waals surface area contributed by atoms with E-state index in [1.165, 1.54) is 6.08 Å². The van der Waals surface area contributed by atoms with Gasteiger partial charge in [0, 0.05) is 17.5 Å². The summed E-state index contributed by atoms with van der Waals surface area (Å²) in [5.41, 5.74) is 0.796. The number of nitrogens with one attached hydrogen (secondary N) is 1. The molecular weight excluding hydrogens is 258 g/mol. The first-order chi connectivity index (χ1) is 9.25. The lowest BCUT2D eigenvalue weighted by Gasteiger charge is -2.10. The Morgan fingerprint density at radius 3 is 2.74 bits per heavy atom. The van der Waals surface area contributed by atoms with Gasteiger partial charge in [-0.1, -0.05) is 36.4 Å². The van der Waals surface area contributed by atoms with Gasteiger partial charge in [0.2, 0.25) is 5.91 Å². The van der Waals surface area contributed by atoms with Crippen LogP contribution in [0.15, 0.2) is 53.9 Å². The van der Waals surface area contributed by atoms with Crippen LogP contribution in [-0.4, -0.2) is 17.6 Å². The van der Waals surface area contributed by atoms with Crippen LogP contribution in [0.1, 0.15) is 16.5 Å². The highest BCUT2D eigenvalue weighted by Crippen LogP contribution is 2.11. The van der Waals surface area contributed by atoms with Crippen molar-refractivity contribution < 1.29 is 9.90 Å². The molecule has 0 saturated carbocycles. The fourth-order valence-electron chi connectivity index (χ4n) is 1.59. The summed E-state index contributed by atoms with van der Waals surface area (Å²) in [7, 11) is 0. The Labute approximate surface area is 116 Å². The predicted octanol–water partition coefficient (Wildman–Crippen LogP) is 2.61. The van der Waals surface area contributed by atoms with E-state index in [2.05, 4.69) is 5.32 Å². The second-order valence-electron chi connectivity index (χ2n) is 4.02. The van der Waals surface area contributed by atoms with Crippen LogP contribution in [0.2, 0.25) is 0 Å². The maximum atomic E-state index is 11.6. The summed E-state index contributed by atoms with van der Waals surface area (Å²) < 4.78 is 0. The lowest BCUT2D eigenvalue weighted by Crippen LogP contribution is -2.26. The van der Waals surface area contributed by atoms with Gasteiger partial charge in [0.1, 0.15) is 0 Å². The SMILES string of the molecule is O=C(/C=C/c1cccs1)NCC(O)c1ccccc1. The van der Waals surface area contributed by atoms with E-state index in [0.29, 0.717) is 0 Å². The van der Waals surface area contributed by atoms with Crippen molar-refractivity contribution in [1.29, 1.82) is 0 Å². The second-order valence-corrected chi connectivity index (χ2v) is 5.00. The number of amides is 1. The van der Waals surface area contributed by atoms with Gasteiger partial charge >= 0.3 is 0 Å². The van der Waals surface area contributed by atoms with E-state index in [1.54, 1.807) is 17.4 Å². The molecular formula is C15H15NO2S. The van der Waals surface area contributed by atoms with Gasteiger partial charge in [-0.2, -0.15) is 0 Å². The monoisotopic (exact) mass is 273 g/mol. The molecule has 1 atom stereocenters. The van der Waals surface area contributed by atoms with Gasteiger partial charge in [-0.25, -0.2) is 0 Å². The van der Waals surface area contributed by atoms with Gasteiger partial charge in [-0.05, 0) is 23.1 Å². The van der Waals surface area contributed by atoms with Crippen molar-refractivity contribution in [3.8, 4) is 0 Å². The molecule has 1 unspecified atom stereocenters. The van der Waals surface area contributed by atoms with E-state index < -0.39 is 6.10 Å². The molecule has 2 N–H and O–H groups in total. The third-order valence-electron chi connectivity index (χ3n) is 2.60. The Morgan fingerprint density at radius 2 is 2.05 bits per heavy atom. The van der Waals surface area contributed by atoms with Gasteiger partial charge < -0.3 is 10.4 Å². The van der Waals surface area contributed by atoms with Gasteiger partial charge in [-0.15, -0.1) is 11.3 Å². The Morgan fingerprint density at radius 1 is 1.26 bits per heavy atom. The quantitative estimate of drug-likeness (QED) is 0.823.